The number of ether oxygens (including phenoxy) is 1. The highest BCUT2D eigenvalue weighted by atomic mass is 32.2. The van der Waals surface area contributed by atoms with Gasteiger partial charge in [-0.05, 0) is 43.2 Å². The van der Waals surface area contributed by atoms with Crippen molar-refractivity contribution in [2.24, 2.45) is 0 Å². The van der Waals surface area contributed by atoms with Crippen LogP contribution in [0.2, 0.25) is 0 Å². The van der Waals surface area contributed by atoms with Crippen LogP contribution in [-0.4, -0.2) is 26.1 Å². The largest absolute Gasteiger partial charge is 0.454 e. The third-order valence-electron chi connectivity index (χ3n) is 4.52. The highest BCUT2D eigenvalue weighted by Crippen LogP contribution is 2.32. The third-order valence-corrected chi connectivity index (χ3v) is 6.33. The van der Waals surface area contributed by atoms with Crippen LogP contribution in [0.15, 0.2) is 64.0 Å². The van der Waals surface area contributed by atoms with Crippen molar-refractivity contribution in [3.05, 3.63) is 77.2 Å². The summed E-state index contributed by atoms with van der Waals surface area (Å²) in [6.07, 6.45) is 0.660. The van der Waals surface area contributed by atoms with Crippen molar-refractivity contribution < 1.29 is 22.5 Å². The van der Waals surface area contributed by atoms with Gasteiger partial charge in [-0.1, -0.05) is 29.4 Å². The Morgan fingerprint density at radius 2 is 2.00 bits per heavy atom. The summed E-state index contributed by atoms with van der Waals surface area (Å²) < 4.78 is 37.8. The van der Waals surface area contributed by atoms with Crippen LogP contribution in [0.5, 0.6) is 0 Å². The number of carbonyl (C=O) groups excluding carboxylic acids is 1. The first-order valence-electron chi connectivity index (χ1n) is 8.75. The Labute approximate surface area is 162 Å². The molecule has 2 heterocycles. The summed E-state index contributed by atoms with van der Waals surface area (Å²) in [6, 6.07) is 14.9. The average molecular weight is 398 g/mol. The fourth-order valence-corrected chi connectivity index (χ4v) is 4.72. The van der Waals surface area contributed by atoms with Crippen LogP contribution in [0.4, 0.5) is 5.69 Å². The molecule has 7 nitrogen and oxygen atoms in total. The third kappa shape index (κ3) is 3.38. The maximum Gasteiger partial charge on any atom is 0.338 e. The second-order valence-corrected chi connectivity index (χ2v) is 8.36. The van der Waals surface area contributed by atoms with Gasteiger partial charge in [0.05, 0.1) is 21.8 Å². The van der Waals surface area contributed by atoms with Gasteiger partial charge in [0.15, 0.2) is 12.4 Å². The molecule has 0 saturated heterocycles. The number of benzene rings is 2. The van der Waals surface area contributed by atoms with Gasteiger partial charge in [0.1, 0.15) is 0 Å². The highest BCUT2D eigenvalue weighted by Gasteiger charge is 2.31. The van der Waals surface area contributed by atoms with Crippen molar-refractivity contribution in [1.29, 1.82) is 0 Å². The number of aryl methyl sites for hydroxylation is 1. The Bertz CT molecular complexity index is 1140. The molecule has 0 bridgehead atoms. The Morgan fingerprint density at radius 1 is 1.18 bits per heavy atom. The summed E-state index contributed by atoms with van der Waals surface area (Å²) >= 11 is 0. The fourth-order valence-electron chi connectivity index (χ4n) is 3.17. The van der Waals surface area contributed by atoms with Crippen LogP contribution in [0, 0.1) is 6.92 Å². The van der Waals surface area contributed by atoms with Gasteiger partial charge >= 0.3 is 5.97 Å². The normalized spacial score (nSPS) is 13.4. The smallest absolute Gasteiger partial charge is 0.338 e. The van der Waals surface area contributed by atoms with E-state index in [2.05, 4.69) is 5.16 Å². The number of hydrogen-bond donors (Lipinski definition) is 0. The van der Waals surface area contributed by atoms with Crippen LogP contribution in [0.1, 0.15) is 27.4 Å². The molecule has 0 fully saturated rings. The van der Waals surface area contributed by atoms with Crippen LogP contribution in [0.25, 0.3) is 0 Å². The summed E-state index contributed by atoms with van der Waals surface area (Å²) in [5, 5.41) is 3.73. The summed E-state index contributed by atoms with van der Waals surface area (Å²) in [4.78, 5) is 12.4. The molecule has 0 saturated carbocycles. The van der Waals surface area contributed by atoms with E-state index in [9.17, 15) is 13.2 Å². The molecule has 4 rings (SSSR count). The van der Waals surface area contributed by atoms with Gasteiger partial charge in [0.25, 0.3) is 10.0 Å². The topological polar surface area (TPSA) is 89.7 Å². The van der Waals surface area contributed by atoms with E-state index >= 15 is 0 Å². The van der Waals surface area contributed by atoms with E-state index in [1.54, 1.807) is 19.1 Å². The summed E-state index contributed by atoms with van der Waals surface area (Å²) in [7, 11) is -3.77. The molecule has 3 aromatic rings. The maximum atomic E-state index is 13.1. The number of nitrogens with zero attached hydrogens (tertiary/aromatic N) is 2. The van der Waals surface area contributed by atoms with Gasteiger partial charge in [-0.25, -0.2) is 13.2 Å². The van der Waals surface area contributed by atoms with Crippen molar-refractivity contribution >= 4 is 21.7 Å². The second kappa shape index (κ2) is 7.12. The monoisotopic (exact) mass is 398 g/mol. The van der Waals surface area contributed by atoms with Crippen molar-refractivity contribution in [3.8, 4) is 0 Å². The number of fused-ring (bicyclic) bond motifs is 1. The van der Waals surface area contributed by atoms with E-state index in [1.807, 2.05) is 18.2 Å². The quantitative estimate of drug-likeness (QED) is 0.614. The zero-order valence-electron chi connectivity index (χ0n) is 15.2. The van der Waals surface area contributed by atoms with Gasteiger partial charge in [-0.3, -0.25) is 4.31 Å². The molecule has 0 N–H and O–H groups in total. The Kier molecular flexibility index (Phi) is 4.64. The number of para-hydroxylation sites is 1. The van der Waals surface area contributed by atoms with E-state index in [0.717, 1.165) is 5.56 Å². The highest BCUT2D eigenvalue weighted by molar-refractivity contribution is 7.92. The van der Waals surface area contributed by atoms with Crippen LogP contribution in [-0.2, 0) is 27.8 Å². The molecule has 1 aromatic heterocycles. The van der Waals surface area contributed by atoms with E-state index in [4.69, 9.17) is 9.26 Å². The molecule has 144 valence electrons. The predicted octanol–water partition coefficient (Wildman–Crippen LogP) is 3.09. The van der Waals surface area contributed by atoms with Crippen molar-refractivity contribution in [3.63, 3.8) is 0 Å². The minimum Gasteiger partial charge on any atom is -0.454 e. The molecule has 1 aliphatic heterocycles. The predicted molar refractivity (Wildman–Crippen MR) is 101 cm³/mol. The number of aromatic nitrogens is 1. The standard InChI is InChI=1S/C20H18N2O5S/c1-14-11-17(27-21-14)13-26-20(23)16-6-4-7-18(12-16)28(24,25)22-10-9-15-5-2-3-8-19(15)22/h2-8,11-12H,9-10,13H2,1H3. The zero-order chi connectivity index (χ0) is 19.7. The SMILES string of the molecule is Cc1cc(COC(=O)c2cccc(S(=O)(=O)N3CCc4ccccc43)c2)on1. The Balaban J connectivity index is 1.55. The lowest BCUT2D eigenvalue weighted by Gasteiger charge is -2.19. The van der Waals surface area contributed by atoms with E-state index < -0.39 is 16.0 Å². The molecular formula is C20H18N2O5S. The number of esters is 1. The summed E-state index contributed by atoms with van der Waals surface area (Å²) in [5.74, 6) is -0.212. The molecule has 0 amide bonds. The lowest BCUT2D eigenvalue weighted by Crippen LogP contribution is -2.29. The molecular weight excluding hydrogens is 380 g/mol. The molecule has 28 heavy (non-hydrogen) atoms. The van der Waals surface area contributed by atoms with Crippen LogP contribution >= 0.6 is 0 Å². The van der Waals surface area contributed by atoms with Gasteiger partial charge in [-0.15, -0.1) is 0 Å². The lowest BCUT2D eigenvalue weighted by molar-refractivity contribution is 0.0437. The molecule has 0 unspecified atom stereocenters. The first-order chi connectivity index (χ1) is 13.4. The number of anilines is 1. The van der Waals surface area contributed by atoms with Crippen molar-refractivity contribution in [2.45, 2.75) is 24.8 Å². The van der Waals surface area contributed by atoms with Gasteiger partial charge in [0, 0.05) is 12.6 Å². The minimum atomic E-state index is -3.77. The molecule has 0 atom stereocenters. The minimum absolute atomic E-state index is 0.0502. The average Bonchev–Trinajstić information content (AvgIpc) is 3.32. The van der Waals surface area contributed by atoms with E-state index in [-0.39, 0.29) is 17.1 Å². The van der Waals surface area contributed by atoms with Gasteiger partial charge in [0.2, 0.25) is 0 Å². The maximum absolute atomic E-state index is 13.1. The Hall–Kier alpha value is -3.13. The Morgan fingerprint density at radius 3 is 2.79 bits per heavy atom. The first kappa shape index (κ1) is 18.2. The number of rotatable bonds is 5. The molecule has 0 spiro atoms. The second-order valence-electron chi connectivity index (χ2n) is 6.49. The fraction of sp³-hybridized carbons (Fsp3) is 0.200. The molecule has 1 aliphatic rings. The lowest BCUT2D eigenvalue weighted by atomic mass is 10.2. The van der Waals surface area contributed by atoms with E-state index in [0.29, 0.717) is 30.1 Å². The van der Waals surface area contributed by atoms with Gasteiger partial charge < -0.3 is 9.26 Å². The van der Waals surface area contributed by atoms with E-state index in [1.165, 1.54) is 28.6 Å². The first-order valence-corrected chi connectivity index (χ1v) is 10.2. The number of sulfonamides is 1. The van der Waals surface area contributed by atoms with Crippen LogP contribution < -0.4 is 4.31 Å². The summed E-state index contributed by atoms with van der Waals surface area (Å²) in [6.45, 7) is 2.07. The molecule has 0 radical (unpaired) electrons. The zero-order valence-corrected chi connectivity index (χ0v) is 16.0. The van der Waals surface area contributed by atoms with Crippen LogP contribution in [0.3, 0.4) is 0 Å². The number of hydrogen-bond acceptors (Lipinski definition) is 6. The van der Waals surface area contributed by atoms with Gasteiger partial charge in [-0.2, -0.15) is 0 Å². The number of carbonyl (C=O) groups is 1. The molecule has 8 heteroatoms. The summed E-state index contributed by atoms with van der Waals surface area (Å²) in [5.41, 5.74) is 2.51. The molecule has 0 aliphatic carbocycles. The van der Waals surface area contributed by atoms with Crippen molar-refractivity contribution in [1.82, 2.24) is 5.16 Å². The van der Waals surface area contributed by atoms with Crippen molar-refractivity contribution in [2.75, 3.05) is 10.8 Å². The molecule has 2 aromatic carbocycles.